The summed E-state index contributed by atoms with van der Waals surface area (Å²) in [5.74, 6) is 1.63. The van der Waals surface area contributed by atoms with Gasteiger partial charge in [-0.2, -0.15) is 0 Å². The Morgan fingerprint density at radius 3 is 2.71 bits per heavy atom. The summed E-state index contributed by atoms with van der Waals surface area (Å²) in [6.45, 7) is 5.78. The summed E-state index contributed by atoms with van der Waals surface area (Å²) in [7, 11) is 0. The molecule has 1 atom stereocenters. The monoisotopic (exact) mass is 288 g/mol. The highest BCUT2D eigenvalue weighted by Gasteiger charge is 2.10. The largest absolute Gasteiger partial charge is 0.384 e. The van der Waals surface area contributed by atoms with E-state index in [9.17, 15) is 4.39 Å². The normalized spacial score (nSPS) is 12.2. The maximum absolute atomic E-state index is 13.6. The van der Waals surface area contributed by atoms with E-state index in [1.807, 2.05) is 13.0 Å². The first-order valence-electron chi connectivity index (χ1n) is 7.15. The molecule has 2 aromatic rings. The van der Waals surface area contributed by atoms with E-state index < -0.39 is 0 Å². The van der Waals surface area contributed by atoms with Crippen LogP contribution >= 0.6 is 0 Å². The van der Waals surface area contributed by atoms with Gasteiger partial charge in [0.1, 0.15) is 23.3 Å². The fourth-order valence-electron chi connectivity index (χ4n) is 2.11. The average Bonchev–Trinajstić information content (AvgIpc) is 2.41. The number of anilines is 2. The fraction of sp³-hybridized carbons (Fsp3) is 0.375. The van der Waals surface area contributed by atoms with Crippen LogP contribution in [0.5, 0.6) is 0 Å². The van der Waals surface area contributed by atoms with E-state index in [2.05, 4.69) is 22.2 Å². The van der Waals surface area contributed by atoms with Crippen molar-refractivity contribution in [2.24, 2.45) is 0 Å². The van der Waals surface area contributed by atoms with E-state index >= 15 is 0 Å². The van der Waals surface area contributed by atoms with Crippen molar-refractivity contribution in [3.8, 4) is 0 Å². The molecule has 0 aliphatic rings. The van der Waals surface area contributed by atoms with Crippen LogP contribution in [0.15, 0.2) is 24.3 Å². The van der Waals surface area contributed by atoms with Gasteiger partial charge in [-0.3, -0.25) is 0 Å². The molecule has 0 amide bonds. The van der Waals surface area contributed by atoms with Crippen molar-refractivity contribution in [2.75, 3.05) is 11.1 Å². The van der Waals surface area contributed by atoms with Gasteiger partial charge in [0.15, 0.2) is 0 Å². The van der Waals surface area contributed by atoms with Gasteiger partial charge in [-0.15, -0.1) is 0 Å². The summed E-state index contributed by atoms with van der Waals surface area (Å²) >= 11 is 0. The molecule has 0 aliphatic carbocycles. The number of aromatic nitrogens is 2. The highest BCUT2D eigenvalue weighted by molar-refractivity contribution is 5.46. The molecule has 0 aliphatic heterocycles. The number of nitrogen functional groups attached to an aromatic ring is 1. The first kappa shape index (κ1) is 15.2. The lowest BCUT2D eigenvalue weighted by Gasteiger charge is -2.16. The van der Waals surface area contributed by atoms with Crippen LogP contribution in [-0.4, -0.2) is 9.97 Å². The Bertz CT molecular complexity index is 628. The molecule has 3 N–H and O–H groups in total. The first-order valence-corrected chi connectivity index (χ1v) is 7.15. The molecule has 5 heteroatoms. The molecule has 1 heterocycles. The topological polar surface area (TPSA) is 63.8 Å². The molecule has 0 radical (unpaired) electrons. The summed E-state index contributed by atoms with van der Waals surface area (Å²) in [5, 5.41) is 3.25. The number of aryl methyl sites for hydroxylation is 2. The Morgan fingerprint density at radius 1 is 1.29 bits per heavy atom. The molecule has 0 saturated carbocycles. The molecule has 0 fully saturated rings. The Kier molecular flexibility index (Phi) is 4.73. The number of halogens is 1. The maximum Gasteiger partial charge on any atom is 0.133 e. The molecule has 21 heavy (non-hydrogen) atoms. The van der Waals surface area contributed by atoms with Gasteiger partial charge in [0.2, 0.25) is 0 Å². The predicted octanol–water partition coefficient (Wildman–Crippen LogP) is 3.63. The predicted molar refractivity (Wildman–Crippen MR) is 83.6 cm³/mol. The lowest BCUT2D eigenvalue weighted by Crippen LogP contribution is -2.11. The first-order chi connectivity index (χ1) is 9.99. The number of nitrogens with zero attached hydrogens (tertiary/aromatic N) is 2. The molecule has 112 valence electrons. The molecular weight excluding hydrogens is 267 g/mol. The molecule has 1 unspecified atom stereocenters. The quantitative estimate of drug-likeness (QED) is 0.881. The van der Waals surface area contributed by atoms with Crippen LogP contribution in [0.3, 0.4) is 0 Å². The second-order valence-electron chi connectivity index (χ2n) is 5.22. The van der Waals surface area contributed by atoms with E-state index in [4.69, 9.17) is 5.73 Å². The highest BCUT2D eigenvalue weighted by atomic mass is 19.1. The minimum absolute atomic E-state index is 0.0659. The van der Waals surface area contributed by atoms with E-state index in [0.29, 0.717) is 17.2 Å². The van der Waals surface area contributed by atoms with E-state index in [0.717, 1.165) is 24.2 Å². The number of hydrogen-bond acceptors (Lipinski definition) is 4. The Morgan fingerprint density at radius 2 is 2.05 bits per heavy atom. The number of rotatable bonds is 5. The third-order valence-electron chi connectivity index (χ3n) is 3.33. The van der Waals surface area contributed by atoms with Gasteiger partial charge in [-0.25, -0.2) is 14.4 Å². The van der Waals surface area contributed by atoms with Crippen molar-refractivity contribution < 1.29 is 4.39 Å². The van der Waals surface area contributed by atoms with Gasteiger partial charge < -0.3 is 11.1 Å². The minimum atomic E-state index is -0.199. The van der Waals surface area contributed by atoms with Crippen LogP contribution in [0.25, 0.3) is 0 Å². The zero-order chi connectivity index (χ0) is 15.4. The number of benzene rings is 1. The smallest absolute Gasteiger partial charge is 0.133 e. The van der Waals surface area contributed by atoms with Crippen molar-refractivity contribution >= 4 is 11.6 Å². The molecule has 2 rings (SSSR count). The highest BCUT2D eigenvalue weighted by Crippen LogP contribution is 2.21. The molecule has 1 aromatic heterocycles. The number of hydrogen-bond donors (Lipinski definition) is 2. The van der Waals surface area contributed by atoms with E-state index in [1.54, 1.807) is 25.1 Å². The Hall–Kier alpha value is -2.17. The molecule has 0 spiro atoms. The van der Waals surface area contributed by atoms with E-state index in [-0.39, 0.29) is 11.9 Å². The summed E-state index contributed by atoms with van der Waals surface area (Å²) in [6, 6.07) is 6.86. The average molecular weight is 288 g/mol. The zero-order valence-corrected chi connectivity index (χ0v) is 12.7. The van der Waals surface area contributed by atoms with Crippen molar-refractivity contribution in [3.63, 3.8) is 0 Å². The molecule has 4 nitrogen and oxygen atoms in total. The van der Waals surface area contributed by atoms with Crippen molar-refractivity contribution in [1.29, 1.82) is 0 Å². The fourth-order valence-corrected chi connectivity index (χ4v) is 2.11. The molecule has 1 aromatic carbocycles. The molecule has 0 saturated heterocycles. The van der Waals surface area contributed by atoms with Gasteiger partial charge in [-0.05, 0) is 37.5 Å². The minimum Gasteiger partial charge on any atom is -0.384 e. The van der Waals surface area contributed by atoms with Gasteiger partial charge in [0, 0.05) is 12.5 Å². The van der Waals surface area contributed by atoms with Gasteiger partial charge in [0.05, 0.1) is 6.04 Å². The van der Waals surface area contributed by atoms with Crippen LogP contribution < -0.4 is 11.1 Å². The third-order valence-corrected chi connectivity index (χ3v) is 3.33. The van der Waals surface area contributed by atoms with Gasteiger partial charge in [-0.1, -0.05) is 19.1 Å². The maximum atomic E-state index is 13.6. The standard InChI is InChI=1S/C16H21FN4/c1-4-5-15-20-14(18)9-16(21-15)19-11(3)12-7-6-10(2)13(17)8-12/h6-9,11H,4-5H2,1-3H3,(H3,18,19,20,21). The van der Waals surface area contributed by atoms with Crippen LogP contribution in [-0.2, 0) is 6.42 Å². The summed E-state index contributed by atoms with van der Waals surface area (Å²) in [5.41, 5.74) is 7.31. The van der Waals surface area contributed by atoms with Crippen molar-refractivity contribution in [1.82, 2.24) is 9.97 Å². The number of nitrogens with one attached hydrogen (secondary N) is 1. The summed E-state index contributed by atoms with van der Waals surface area (Å²) in [6.07, 6.45) is 1.74. The second kappa shape index (κ2) is 6.52. The van der Waals surface area contributed by atoms with Crippen LogP contribution in [0, 0.1) is 12.7 Å². The van der Waals surface area contributed by atoms with Crippen molar-refractivity contribution in [2.45, 2.75) is 39.7 Å². The van der Waals surface area contributed by atoms with E-state index in [1.165, 1.54) is 0 Å². The van der Waals surface area contributed by atoms with Crippen LogP contribution in [0.4, 0.5) is 16.0 Å². The third kappa shape index (κ3) is 3.90. The van der Waals surface area contributed by atoms with Gasteiger partial charge in [0.25, 0.3) is 0 Å². The zero-order valence-electron chi connectivity index (χ0n) is 12.7. The molecular formula is C16H21FN4. The van der Waals surface area contributed by atoms with Gasteiger partial charge >= 0.3 is 0 Å². The molecule has 0 bridgehead atoms. The van der Waals surface area contributed by atoms with Crippen LogP contribution in [0.2, 0.25) is 0 Å². The summed E-state index contributed by atoms with van der Waals surface area (Å²) < 4.78 is 13.6. The lowest BCUT2D eigenvalue weighted by atomic mass is 10.1. The SMILES string of the molecule is CCCc1nc(N)cc(NC(C)c2ccc(C)c(F)c2)n1. The Labute approximate surface area is 124 Å². The second-order valence-corrected chi connectivity index (χ2v) is 5.22. The number of nitrogens with two attached hydrogens (primary N) is 1. The lowest BCUT2D eigenvalue weighted by molar-refractivity contribution is 0.614. The summed E-state index contributed by atoms with van der Waals surface area (Å²) in [4.78, 5) is 8.63. The van der Waals surface area contributed by atoms with Crippen LogP contribution in [0.1, 0.15) is 43.3 Å². The van der Waals surface area contributed by atoms with Crippen molar-refractivity contribution in [3.05, 3.63) is 47.0 Å². The Balaban J connectivity index is 2.18.